The molecule has 1 atom stereocenters. The average Bonchev–Trinajstić information content (AvgIpc) is 2.73. The van der Waals surface area contributed by atoms with Gasteiger partial charge >= 0.3 is 6.18 Å². The monoisotopic (exact) mass is 476 g/mol. The van der Waals surface area contributed by atoms with Crippen molar-refractivity contribution < 1.29 is 31.1 Å². The molecule has 1 aliphatic rings. The molecule has 6 nitrogen and oxygen atoms in total. The second kappa shape index (κ2) is 9.05. The molecule has 3 rings (SSSR count). The van der Waals surface area contributed by atoms with E-state index in [0.717, 1.165) is 22.5 Å². The smallest absolute Gasteiger partial charge is 0.416 e. The van der Waals surface area contributed by atoms with Crippen LogP contribution in [-0.2, 0) is 21.0 Å². The molecule has 1 aliphatic heterocycles. The molecule has 168 valence electrons. The fourth-order valence-corrected chi connectivity index (χ4v) is 4.83. The largest absolute Gasteiger partial charge is 0.481 e. The third kappa shape index (κ3) is 5.50. The van der Waals surface area contributed by atoms with Crippen LogP contribution in [0.25, 0.3) is 0 Å². The molecule has 0 aliphatic carbocycles. The molecule has 1 fully saturated rings. The molecular weight excluding hydrogens is 457 g/mol. The first-order valence-corrected chi connectivity index (χ1v) is 11.2. The molecule has 1 amide bonds. The Bertz CT molecular complexity index is 1050. The lowest BCUT2D eigenvalue weighted by Crippen LogP contribution is -2.53. The molecule has 2 aromatic rings. The number of rotatable bonds is 5. The minimum Gasteiger partial charge on any atom is -0.481 e. The Morgan fingerprint density at radius 3 is 2.32 bits per heavy atom. The van der Waals surface area contributed by atoms with Gasteiger partial charge < -0.3 is 9.64 Å². The summed E-state index contributed by atoms with van der Waals surface area (Å²) in [5.41, 5.74) is -1.03. The van der Waals surface area contributed by atoms with Crippen molar-refractivity contribution in [2.75, 3.05) is 26.2 Å². The van der Waals surface area contributed by atoms with Gasteiger partial charge in [0, 0.05) is 31.2 Å². The Morgan fingerprint density at radius 1 is 1.06 bits per heavy atom. The normalized spacial score (nSPS) is 16.7. The predicted octanol–water partition coefficient (Wildman–Crippen LogP) is 3.66. The van der Waals surface area contributed by atoms with Crippen LogP contribution in [0.4, 0.5) is 13.2 Å². The summed E-state index contributed by atoms with van der Waals surface area (Å²) in [5, 5.41) is 0.463. The first-order chi connectivity index (χ1) is 14.5. The molecule has 1 saturated heterocycles. The number of sulfonamides is 1. The van der Waals surface area contributed by atoms with Gasteiger partial charge in [0.2, 0.25) is 10.0 Å². The summed E-state index contributed by atoms with van der Waals surface area (Å²) in [6, 6.07) is 10.2. The highest BCUT2D eigenvalue weighted by Crippen LogP contribution is 2.31. The van der Waals surface area contributed by atoms with E-state index < -0.39 is 32.8 Å². The number of ether oxygens (including phenoxy) is 1. The Kier molecular flexibility index (Phi) is 6.82. The standard InChI is InChI=1S/C20H20ClF3N2O4S/c1-14(30-17-6-3-5-16(21)13-17)19(27)25-8-10-26(11-9-25)31(28,29)18-7-2-4-15(12-18)20(22,23)24/h2-7,12-14H,8-11H2,1H3/t14-/m1/s1. The number of piperazine rings is 1. The Labute approximate surface area is 183 Å². The van der Waals surface area contributed by atoms with Gasteiger partial charge in [0.25, 0.3) is 5.91 Å². The first kappa shape index (κ1) is 23.4. The van der Waals surface area contributed by atoms with Crippen LogP contribution in [-0.4, -0.2) is 55.8 Å². The number of hydrogen-bond donors (Lipinski definition) is 0. The number of nitrogens with zero attached hydrogens (tertiary/aromatic N) is 2. The zero-order valence-electron chi connectivity index (χ0n) is 16.5. The molecular formula is C20H20ClF3N2O4S. The Morgan fingerprint density at radius 2 is 1.71 bits per heavy atom. The summed E-state index contributed by atoms with van der Waals surface area (Å²) < 4.78 is 71.0. The summed E-state index contributed by atoms with van der Waals surface area (Å²) in [6.45, 7) is 1.71. The molecule has 0 saturated carbocycles. The number of halogens is 4. The predicted molar refractivity (Wildman–Crippen MR) is 108 cm³/mol. The molecule has 11 heteroatoms. The van der Waals surface area contributed by atoms with Crippen LogP contribution < -0.4 is 4.74 Å². The van der Waals surface area contributed by atoms with Crippen molar-refractivity contribution in [1.29, 1.82) is 0 Å². The lowest BCUT2D eigenvalue weighted by atomic mass is 10.2. The van der Waals surface area contributed by atoms with E-state index >= 15 is 0 Å². The van der Waals surface area contributed by atoms with Crippen LogP contribution in [0.15, 0.2) is 53.4 Å². The summed E-state index contributed by atoms with van der Waals surface area (Å²) >= 11 is 5.90. The van der Waals surface area contributed by atoms with Gasteiger partial charge in [0.1, 0.15) is 5.75 Å². The minimum absolute atomic E-state index is 0.0335. The second-order valence-electron chi connectivity index (χ2n) is 6.97. The molecule has 31 heavy (non-hydrogen) atoms. The van der Waals surface area contributed by atoms with Gasteiger partial charge in [-0.2, -0.15) is 17.5 Å². The van der Waals surface area contributed by atoms with Crippen molar-refractivity contribution >= 4 is 27.5 Å². The van der Waals surface area contributed by atoms with Crippen molar-refractivity contribution in [3.05, 3.63) is 59.1 Å². The molecule has 0 unspecified atom stereocenters. The summed E-state index contributed by atoms with van der Waals surface area (Å²) in [7, 11) is -4.12. The molecule has 0 aromatic heterocycles. The lowest BCUT2D eigenvalue weighted by Gasteiger charge is -2.35. The van der Waals surface area contributed by atoms with Gasteiger partial charge in [-0.25, -0.2) is 8.42 Å². The van der Waals surface area contributed by atoms with E-state index in [0.29, 0.717) is 16.8 Å². The van der Waals surface area contributed by atoms with E-state index in [9.17, 15) is 26.4 Å². The number of carbonyl (C=O) groups excluding carboxylic acids is 1. The van der Waals surface area contributed by atoms with Gasteiger partial charge in [0.05, 0.1) is 10.5 Å². The summed E-state index contributed by atoms with van der Waals surface area (Å²) in [6.07, 6.45) is -5.46. The Hall–Kier alpha value is -2.30. The number of hydrogen-bond acceptors (Lipinski definition) is 4. The maximum Gasteiger partial charge on any atom is 0.416 e. The molecule has 0 radical (unpaired) electrons. The van der Waals surface area contributed by atoms with Gasteiger partial charge in [-0.3, -0.25) is 4.79 Å². The van der Waals surface area contributed by atoms with E-state index in [4.69, 9.17) is 16.3 Å². The maximum absolute atomic E-state index is 12.9. The minimum atomic E-state index is -4.64. The first-order valence-electron chi connectivity index (χ1n) is 9.37. The highest BCUT2D eigenvalue weighted by molar-refractivity contribution is 7.89. The van der Waals surface area contributed by atoms with Crippen LogP contribution >= 0.6 is 11.6 Å². The van der Waals surface area contributed by atoms with Gasteiger partial charge in [-0.05, 0) is 43.3 Å². The third-order valence-electron chi connectivity index (χ3n) is 4.81. The third-order valence-corrected chi connectivity index (χ3v) is 6.94. The topological polar surface area (TPSA) is 66.9 Å². The SMILES string of the molecule is C[C@@H](Oc1cccc(Cl)c1)C(=O)N1CCN(S(=O)(=O)c2cccc(C(F)(F)F)c2)CC1. The van der Waals surface area contributed by atoms with E-state index in [1.807, 2.05) is 0 Å². The summed E-state index contributed by atoms with van der Waals surface area (Å²) in [5.74, 6) is 0.107. The number of carbonyl (C=O) groups is 1. The highest BCUT2D eigenvalue weighted by Gasteiger charge is 2.35. The van der Waals surface area contributed by atoms with Crippen LogP contribution in [0.1, 0.15) is 12.5 Å². The fourth-order valence-electron chi connectivity index (χ4n) is 3.18. The Balaban J connectivity index is 1.64. The lowest BCUT2D eigenvalue weighted by molar-refractivity contribution is -0.139. The van der Waals surface area contributed by atoms with Crippen LogP contribution in [0.3, 0.4) is 0 Å². The van der Waals surface area contributed by atoms with Crippen LogP contribution in [0.5, 0.6) is 5.75 Å². The van der Waals surface area contributed by atoms with Gasteiger partial charge in [0.15, 0.2) is 6.10 Å². The zero-order chi connectivity index (χ0) is 22.8. The molecule has 1 heterocycles. The molecule has 0 spiro atoms. The van der Waals surface area contributed by atoms with Gasteiger partial charge in [-0.15, -0.1) is 0 Å². The quantitative estimate of drug-likeness (QED) is 0.660. The van der Waals surface area contributed by atoms with Crippen molar-refractivity contribution in [2.24, 2.45) is 0 Å². The van der Waals surface area contributed by atoms with Crippen molar-refractivity contribution in [2.45, 2.75) is 24.1 Å². The molecule has 2 aromatic carbocycles. The molecule has 0 bridgehead atoms. The maximum atomic E-state index is 12.9. The number of benzene rings is 2. The highest BCUT2D eigenvalue weighted by atomic mass is 35.5. The van der Waals surface area contributed by atoms with Crippen LogP contribution in [0.2, 0.25) is 5.02 Å². The van der Waals surface area contributed by atoms with E-state index in [-0.39, 0.29) is 32.1 Å². The second-order valence-corrected chi connectivity index (χ2v) is 9.35. The van der Waals surface area contributed by atoms with E-state index in [1.54, 1.807) is 31.2 Å². The molecule has 0 N–H and O–H groups in total. The van der Waals surface area contributed by atoms with Gasteiger partial charge in [-0.1, -0.05) is 23.7 Å². The zero-order valence-corrected chi connectivity index (χ0v) is 18.0. The number of alkyl halides is 3. The van der Waals surface area contributed by atoms with E-state index in [1.165, 1.54) is 4.90 Å². The van der Waals surface area contributed by atoms with Crippen molar-refractivity contribution in [1.82, 2.24) is 9.21 Å². The van der Waals surface area contributed by atoms with Crippen molar-refractivity contribution in [3.63, 3.8) is 0 Å². The van der Waals surface area contributed by atoms with E-state index in [2.05, 4.69) is 0 Å². The average molecular weight is 477 g/mol. The van der Waals surface area contributed by atoms with Crippen molar-refractivity contribution in [3.8, 4) is 5.75 Å². The van der Waals surface area contributed by atoms with Crippen LogP contribution in [0, 0.1) is 0 Å². The fraction of sp³-hybridized carbons (Fsp3) is 0.350. The number of amides is 1. The summed E-state index contributed by atoms with van der Waals surface area (Å²) in [4.78, 5) is 13.7.